The maximum absolute atomic E-state index is 12.3. The van der Waals surface area contributed by atoms with E-state index in [4.69, 9.17) is 11.6 Å². The highest BCUT2D eigenvalue weighted by Crippen LogP contribution is 2.28. The van der Waals surface area contributed by atoms with Gasteiger partial charge in [-0.1, -0.05) is 23.7 Å². The fourth-order valence-electron chi connectivity index (χ4n) is 2.07. The minimum Gasteiger partial charge on any atom is -0.354 e. The summed E-state index contributed by atoms with van der Waals surface area (Å²) in [5, 5.41) is 11.6. The topological polar surface area (TPSA) is 76.0 Å². The summed E-state index contributed by atoms with van der Waals surface area (Å²) < 4.78 is 0. The van der Waals surface area contributed by atoms with Crippen LogP contribution in [0.5, 0.6) is 0 Å². The fourth-order valence-corrected chi connectivity index (χ4v) is 2.31. The third kappa shape index (κ3) is 1.75. The molecule has 0 bridgehead atoms. The number of nitro benzene ring substituents is 1. The number of nitrogens with one attached hydrogen (secondary N) is 1. The van der Waals surface area contributed by atoms with Gasteiger partial charge in [0.05, 0.1) is 15.8 Å². The van der Waals surface area contributed by atoms with Crippen molar-refractivity contribution in [2.75, 3.05) is 0 Å². The molecule has 0 amide bonds. The van der Waals surface area contributed by atoms with Crippen LogP contribution in [0.25, 0.3) is 21.8 Å². The maximum atomic E-state index is 12.3. The number of para-hydroxylation sites is 1. The van der Waals surface area contributed by atoms with Crippen LogP contribution >= 0.6 is 11.6 Å². The van der Waals surface area contributed by atoms with Crippen LogP contribution in [0.1, 0.15) is 0 Å². The van der Waals surface area contributed by atoms with Crippen molar-refractivity contribution in [1.82, 2.24) is 4.98 Å². The molecule has 0 aliphatic heterocycles. The number of nitrogens with zero attached hydrogens (tertiary/aromatic N) is 1. The largest absolute Gasteiger partial charge is 0.354 e. The molecule has 3 aromatic rings. The van der Waals surface area contributed by atoms with E-state index in [9.17, 15) is 14.9 Å². The number of hydrogen-bond acceptors (Lipinski definition) is 3. The van der Waals surface area contributed by atoms with Gasteiger partial charge in [-0.05, 0) is 18.2 Å². The number of halogens is 1. The van der Waals surface area contributed by atoms with E-state index in [1.165, 1.54) is 12.1 Å². The van der Waals surface area contributed by atoms with E-state index < -0.39 is 4.92 Å². The van der Waals surface area contributed by atoms with Gasteiger partial charge in [0.25, 0.3) is 5.69 Å². The molecule has 6 heteroatoms. The van der Waals surface area contributed by atoms with Crippen molar-refractivity contribution in [2.45, 2.75) is 0 Å². The van der Waals surface area contributed by atoms with Gasteiger partial charge in [-0.3, -0.25) is 14.9 Å². The Morgan fingerprint density at radius 3 is 2.58 bits per heavy atom. The second kappa shape index (κ2) is 4.07. The molecule has 94 valence electrons. The highest BCUT2D eigenvalue weighted by Gasteiger charge is 2.16. The number of H-pyrrole nitrogens is 1. The highest BCUT2D eigenvalue weighted by molar-refractivity contribution is 6.33. The molecule has 2 aromatic carbocycles. The van der Waals surface area contributed by atoms with E-state index >= 15 is 0 Å². The van der Waals surface area contributed by atoms with Gasteiger partial charge in [-0.15, -0.1) is 0 Å². The Bertz CT molecular complexity index is 886. The predicted molar refractivity (Wildman–Crippen MR) is 73.7 cm³/mol. The van der Waals surface area contributed by atoms with Gasteiger partial charge in [0.15, 0.2) is 5.43 Å². The van der Waals surface area contributed by atoms with Gasteiger partial charge in [0.1, 0.15) is 5.02 Å². The third-order valence-electron chi connectivity index (χ3n) is 2.97. The van der Waals surface area contributed by atoms with Gasteiger partial charge in [-0.2, -0.15) is 0 Å². The number of hydrogen-bond donors (Lipinski definition) is 1. The van der Waals surface area contributed by atoms with E-state index in [-0.39, 0.29) is 21.5 Å². The first kappa shape index (κ1) is 11.7. The SMILES string of the molecule is O=c1c2ccccc2[nH]c2cc(Cl)c([N+](=O)[O-])cc12. The first-order chi connectivity index (χ1) is 9.08. The number of aromatic amines is 1. The number of nitro groups is 1. The normalized spacial score (nSPS) is 11.0. The Morgan fingerprint density at radius 2 is 1.84 bits per heavy atom. The molecule has 0 aliphatic rings. The molecular weight excluding hydrogens is 268 g/mol. The summed E-state index contributed by atoms with van der Waals surface area (Å²) in [7, 11) is 0. The summed E-state index contributed by atoms with van der Waals surface area (Å²) in [6.45, 7) is 0. The standard InChI is InChI=1S/C13H7ClN2O3/c14-9-6-11-8(5-12(9)16(18)19)13(17)7-3-1-2-4-10(7)15-11/h1-6H,(H,15,17). The average Bonchev–Trinajstić information content (AvgIpc) is 2.38. The molecule has 0 spiro atoms. The fraction of sp³-hybridized carbons (Fsp3) is 0. The first-order valence-corrected chi connectivity index (χ1v) is 5.84. The summed E-state index contributed by atoms with van der Waals surface area (Å²) in [5.74, 6) is 0. The van der Waals surface area contributed by atoms with Crippen molar-refractivity contribution < 1.29 is 4.92 Å². The van der Waals surface area contributed by atoms with Crippen molar-refractivity contribution in [3.8, 4) is 0 Å². The summed E-state index contributed by atoms with van der Waals surface area (Å²) in [5.41, 5.74) is 0.642. The summed E-state index contributed by atoms with van der Waals surface area (Å²) in [6, 6.07) is 9.61. The molecule has 0 radical (unpaired) electrons. The Labute approximate surface area is 111 Å². The lowest BCUT2D eigenvalue weighted by molar-refractivity contribution is -0.384. The van der Waals surface area contributed by atoms with Crippen molar-refractivity contribution >= 4 is 39.1 Å². The molecule has 5 nitrogen and oxygen atoms in total. The number of fused-ring (bicyclic) bond motifs is 2. The van der Waals surface area contributed by atoms with E-state index in [2.05, 4.69) is 4.98 Å². The molecule has 1 N–H and O–H groups in total. The van der Waals surface area contributed by atoms with Gasteiger partial charge in [0.2, 0.25) is 0 Å². The maximum Gasteiger partial charge on any atom is 0.288 e. The lowest BCUT2D eigenvalue weighted by atomic mass is 10.1. The lowest BCUT2D eigenvalue weighted by Crippen LogP contribution is -2.04. The number of rotatable bonds is 1. The average molecular weight is 275 g/mol. The summed E-state index contributed by atoms with van der Waals surface area (Å²) in [4.78, 5) is 25.6. The van der Waals surface area contributed by atoms with Crippen LogP contribution in [-0.2, 0) is 0 Å². The van der Waals surface area contributed by atoms with E-state index in [1.54, 1.807) is 24.3 Å². The second-order valence-electron chi connectivity index (χ2n) is 4.11. The minimum absolute atomic E-state index is 0.00318. The quantitative estimate of drug-likeness (QED) is 0.420. The molecule has 0 saturated carbocycles. The second-order valence-corrected chi connectivity index (χ2v) is 4.51. The summed E-state index contributed by atoms with van der Waals surface area (Å²) in [6.07, 6.45) is 0. The van der Waals surface area contributed by atoms with Gasteiger partial charge in [0, 0.05) is 17.0 Å². The number of pyridine rings is 1. The number of aromatic nitrogens is 1. The van der Waals surface area contributed by atoms with E-state index in [1.807, 2.05) is 0 Å². The monoisotopic (exact) mass is 274 g/mol. The van der Waals surface area contributed by atoms with Crippen LogP contribution < -0.4 is 5.43 Å². The van der Waals surface area contributed by atoms with E-state index in [0.717, 1.165) is 0 Å². The van der Waals surface area contributed by atoms with Crippen LogP contribution in [0.15, 0.2) is 41.2 Å². The first-order valence-electron chi connectivity index (χ1n) is 5.46. The van der Waals surface area contributed by atoms with Gasteiger partial charge in [-0.25, -0.2) is 0 Å². The van der Waals surface area contributed by atoms with E-state index in [0.29, 0.717) is 16.4 Å². The molecule has 0 saturated heterocycles. The minimum atomic E-state index is -0.601. The Balaban J connectivity index is 2.52. The zero-order valence-electron chi connectivity index (χ0n) is 9.51. The Morgan fingerprint density at radius 1 is 1.11 bits per heavy atom. The number of benzene rings is 2. The molecule has 0 aliphatic carbocycles. The van der Waals surface area contributed by atoms with Gasteiger partial charge >= 0.3 is 0 Å². The smallest absolute Gasteiger partial charge is 0.288 e. The van der Waals surface area contributed by atoms with Gasteiger partial charge < -0.3 is 4.98 Å². The van der Waals surface area contributed by atoms with Crippen molar-refractivity contribution in [2.24, 2.45) is 0 Å². The molecule has 3 rings (SSSR count). The van der Waals surface area contributed by atoms with Crippen LogP contribution in [0.2, 0.25) is 5.02 Å². The molecule has 0 unspecified atom stereocenters. The van der Waals surface area contributed by atoms with Crippen molar-refractivity contribution in [1.29, 1.82) is 0 Å². The zero-order valence-corrected chi connectivity index (χ0v) is 10.3. The third-order valence-corrected chi connectivity index (χ3v) is 3.27. The Hall–Kier alpha value is -2.40. The van der Waals surface area contributed by atoms with Crippen LogP contribution in [0.3, 0.4) is 0 Å². The molecule has 19 heavy (non-hydrogen) atoms. The predicted octanol–water partition coefficient (Wildman–Crippen LogP) is 3.24. The zero-order chi connectivity index (χ0) is 13.6. The van der Waals surface area contributed by atoms with Crippen LogP contribution in [0.4, 0.5) is 5.69 Å². The molecular formula is C13H7ClN2O3. The highest BCUT2D eigenvalue weighted by atomic mass is 35.5. The van der Waals surface area contributed by atoms with Crippen molar-refractivity contribution in [3.05, 3.63) is 61.8 Å². The molecule has 0 fully saturated rings. The molecule has 1 aromatic heterocycles. The summed E-state index contributed by atoms with van der Waals surface area (Å²) >= 11 is 5.84. The molecule has 0 atom stereocenters. The lowest BCUT2D eigenvalue weighted by Gasteiger charge is -2.03. The Kier molecular flexibility index (Phi) is 2.50. The molecule has 1 heterocycles. The van der Waals surface area contributed by atoms with Crippen LogP contribution in [0, 0.1) is 10.1 Å². The van der Waals surface area contributed by atoms with Crippen LogP contribution in [-0.4, -0.2) is 9.91 Å². The van der Waals surface area contributed by atoms with Crippen molar-refractivity contribution in [3.63, 3.8) is 0 Å².